The zero-order valence-corrected chi connectivity index (χ0v) is 15.4. The van der Waals surface area contributed by atoms with Gasteiger partial charge in [0.2, 0.25) is 0 Å². The fourth-order valence-corrected chi connectivity index (χ4v) is 1.92. The van der Waals surface area contributed by atoms with Crippen molar-refractivity contribution in [3.05, 3.63) is 29.3 Å². The monoisotopic (exact) mass is 339 g/mol. The van der Waals surface area contributed by atoms with Crippen molar-refractivity contribution in [3.8, 4) is 5.75 Å². The Morgan fingerprint density at radius 3 is 2.08 bits per heavy atom. The molecule has 0 saturated heterocycles. The molecule has 0 aliphatic carbocycles. The van der Waals surface area contributed by atoms with Crippen molar-refractivity contribution in [2.75, 3.05) is 27.2 Å². The Kier molecular flexibility index (Phi) is 9.07. The van der Waals surface area contributed by atoms with E-state index in [0.717, 1.165) is 25.3 Å². The molecule has 1 aromatic carbocycles. The zero-order valence-electron chi connectivity index (χ0n) is 15.4. The van der Waals surface area contributed by atoms with Gasteiger partial charge in [0.05, 0.1) is 6.61 Å². The van der Waals surface area contributed by atoms with Gasteiger partial charge in [0.1, 0.15) is 5.75 Å². The maximum absolute atomic E-state index is 9.10. The minimum Gasteiger partial charge on any atom is -0.493 e. The second kappa shape index (κ2) is 9.93. The van der Waals surface area contributed by atoms with E-state index in [0.29, 0.717) is 0 Å². The van der Waals surface area contributed by atoms with Crippen molar-refractivity contribution in [1.29, 1.82) is 0 Å². The highest BCUT2D eigenvalue weighted by molar-refractivity contribution is 6.27. The van der Waals surface area contributed by atoms with Crippen LogP contribution in [0.25, 0.3) is 0 Å². The van der Waals surface area contributed by atoms with Gasteiger partial charge in [0, 0.05) is 6.54 Å². The molecule has 6 nitrogen and oxygen atoms in total. The Balaban J connectivity index is 0.000000754. The number of carboxylic acid groups (broad SMARTS) is 2. The summed E-state index contributed by atoms with van der Waals surface area (Å²) in [5, 5.41) is 14.8. The highest BCUT2D eigenvalue weighted by Gasteiger charge is 2.19. The number of carboxylic acids is 2. The minimum absolute atomic E-state index is 0.128. The van der Waals surface area contributed by atoms with Gasteiger partial charge in [-0.1, -0.05) is 38.5 Å². The Labute approximate surface area is 144 Å². The molecular weight excluding hydrogens is 310 g/mol. The van der Waals surface area contributed by atoms with Crippen LogP contribution in [0.3, 0.4) is 0 Å². The maximum Gasteiger partial charge on any atom is 0.414 e. The van der Waals surface area contributed by atoms with Gasteiger partial charge in [-0.25, -0.2) is 9.59 Å². The quantitative estimate of drug-likeness (QED) is 0.633. The third-order valence-electron chi connectivity index (χ3n) is 3.13. The van der Waals surface area contributed by atoms with Crippen LogP contribution in [0.2, 0.25) is 0 Å². The van der Waals surface area contributed by atoms with E-state index in [-0.39, 0.29) is 5.41 Å². The zero-order chi connectivity index (χ0) is 18.9. The molecule has 2 N–H and O–H groups in total. The summed E-state index contributed by atoms with van der Waals surface area (Å²) >= 11 is 0. The number of carbonyl (C=O) groups is 2. The van der Waals surface area contributed by atoms with Gasteiger partial charge < -0.3 is 19.8 Å². The van der Waals surface area contributed by atoms with Crippen LogP contribution in [0.4, 0.5) is 0 Å². The molecule has 0 unspecified atom stereocenters. The van der Waals surface area contributed by atoms with E-state index in [2.05, 4.69) is 64.9 Å². The van der Waals surface area contributed by atoms with Gasteiger partial charge in [0.15, 0.2) is 0 Å². The van der Waals surface area contributed by atoms with Crippen molar-refractivity contribution < 1.29 is 24.5 Å². The van der Waals surface area contributed by atoms with Gasteiger partial charge in [-0.2, -0.15) is 0 Å². The SMILES string of the molecule is Cc1ccc(OCCCN(C)C)c(C(C)(C)C)c1.O=C(O)C(=O)O. The Morgan fingerprint density at radius 1 is 1.12 bits per heavy atom. The third-order valence-corrected chi connectivity index (χ3v) is 3.13. The van der Waals surface area contributed by atoms with E-state index >= 15 is 0 Å². The van der Waals surface area contributed by atoms with Crippen LogP contribution in [0, 0.1) is 6.92 Å². The third kappa shape index (κ3) is 9.15. The molecule has 0 atom stereocenters. The molecule has 0 fully saturated rings. The molecule has 0 bridgehead atoms. The minimum atomic E-state index is -1.82. The van der Waals surface area contributed by atoms with E-state index in [9.17, 15) is 0 Å². The smallest absolute Gasteiger partial charge is 0.414 e. The number of nitrogens with zero attached hydrogens (tertiary/aromatic N) is 1. The lowest BCUT2D eigenvalue weighted by Crippen LogP contribution is -2.17. The summed E-state index contributed by atoms with van der Waals surface area (Å²) in [5.41, 5.74) is 2.72. The van der Waals surface area contributed by atoms with Gasteiger partial charge in [0.25, 0.3) is 0 Å². The average molecular weight is 339 g/mol. The van der Waals surface area contributed by atoms with E-state index in [4.69, 9.17) is 24.5 Å². The highest BCUT2D eigenvalue weighted by atomic mass is 16.5. The van der Waals surface area contributed by atoms with Crippen molar-refractivity contribution in [2.24, 2.45) is 0 Å². The Bertz CT molecular complexity index is 535. The molecular formula is C18H29NO5. The first-order chi connectivity index (χ1) is 10.9. The molecule has 0 amide bonds. The van der Waals surface area contributed by atoms with E-state index < -0.39 is 11.9 Å². The summed E-state index contributed by atoms with van der Waals surface area (Å²) in [6.07, 6.45) is 1.06. The summed E-state index contributed by atoms with van der Waals surface area (Å²) in [4.78, 5) is 20.4. The molecule has 1 rings (SSSR count). The fourth-order valence-electron chi connectivity index (χ4n) is 1.92. The predicted molar refractivity (Wildman–Crippen MR) is 93.8 cm³/mol. The van der Waals surface area contributed by atoms with E-state index in [1.54, 1.807) is 0 Å². The average Bonchev–Trinajstić information content (AvgIpc) is 2.44. The number of rotatable bonds is 5. The van der Waals surface area contributed by atoms with Crippen molar-refractivity contribution in [2.45, 2.75) is 39.5 Å². The number of hydrogen-bond donors (Lipinski definition) is 2. The second-order valence-electron chi connectivity index (χ2n) is 6.87. The molecule has 0 aliphatic heterocycles. The molecule has 24 heavy (non-hydrogen) atoms. The summed E-state index contributed by atoms with van der Waals surface area (Å²) in [7, 11) is 4.18. The maximum atomic E-state index is 9.10. The van der Waals surface area contributed by atoms with Crippen LogP contribution < -0.4 is 4.74 Å². The summed E-state index contributed by atoms with van der Waals surface area (Å²) in [5.74, 6) is -2.61. The van der Waals surface area contributed by atoms with Crippen molar-refractivity contribution >= 4 is 11.9 Å². The van der Waals surface area contributed by atoms with Gasteiger partial charge in [-0.3, -0.25) is 0 Å². The Hall–Kier alpha value is -2.08. The van der Waals surface area contributed by atoms with Crippen LogP contribution in [0.15, 0.2) is 18.2 Å². The predicted octanol–water partition coefficient (Wildman–Crippen LogP) is 2.78. The first-order valence-electron chi connectivity index (χ1n) is 7.80. The van der Waals surface area contributed by atoms with Gasteiger partial charge in [-0.15, -0.1) is 0 Å². The lowest BCUT2D eigenvalue weighted by molar-refractivity contribution is -0.159. The molecule has 0 heterocycles. The molecule has 0 aromatic heterocycles. The highest BCUT2D eigenvalue weighted by Crippen LogP contribution is 2.32. The fraction of sp³-hybridized carbons (Fsp3) is 0.556. The van der Waals surface area contributed by atoms with Crippen LogP contribution in [0.1, 0.15) is 38.3 Å². The summed E-state index contributed by atoms with van der Waals surface area (Å²) in [6, 6.07) is 6.46. The number of aliphatic carboxylic acids is 2. The number of ether oxygens (including phenoxy) is 1. The molecule has 0 radical (unpaired) electrons. The van der Waals surface area contributed by atoms with Crippen molar-refractivity contribution in [1.82, 2.24) is 4.90 Å². The van der Waals surface area contributed by atoms with Crippen LogP contribution >= 0.6 is 0 Å². The summed E-state index contributed by atoms with van der Waals surface area (Å²) in [6.45, 7) is 10.7. The molecule has 0 spiro atoms. The van der Waals surface area contributed by atoms with Crippen LogP contribution in [-0.4, -0.2) is 54.3 Å². The van der Waals surface area contributed by atoms with Crippen LogP contribution in [0.5, 0.6) is 5.75 Å². The largest absolute Gasteiger partial charge is 0.493 e. The molecule has 0 aliphatic rings. The van der Waals surface area contributed by atoms with Gasteiger partial charge >= 0.3 is 11.9 Å². The summed E-state index contributed by atoms with van der Waals surface area (Å²) < 4.78 is 5.94. The first kappa shape index (κ1) is 21.9. The number of aryl methyl sites for hydroxylation is 1. The van der Waals surface area contributed by atoms with Gasteiger partial charge in [-0.05, 0) is 44.5 Å². The number of benzene rings is 1. The lowest BCUT2D eigenvalue weighted by Gasteiger charge is -2.23. The Morgan fingerprint density at radius 2 is 1.67 bits per heavy atom. The molecule has 6 heteroatoms. The topological polar surface area (TPSA) is 87.1 Å². The van der Waals surface area contributed by atoms with E-state index in [1.165, 1.54) is 11.1 Å². The normalized spacial score (nSPS) is 10.8. The van der Waals surface area contributed by atoms with Crippen LogP contribution in [-0.2, 0) is 15.0 Å². The second-order valence-corrected chi connectivity index (χ2v) is 6.87. The standard InChI is InChI=1S/C16H27NO.C2H2O4/c1-13-8-9-15(14(12-13)16(2,3)4)18-11-7-10-17(5)6;3-1(4)2(5)6/h8-9,12H,7,10-11H2,1-6H3;(H,3,4)(H,5,6). The first-order valence-corrected chi connectivity index (χ1v) is 7.80. The van der Waals surface area contributed by atoms with E-state index in [1.807, 2.05) is 0 Å². The lowest BCUT2D eigenvalue weighted by atomic mass is 9.85. The molecule has 136 valence electrons. The molecule has 1 aromatic rings. The number of hydrogen-bond acceptors (Lipinski definition) is 4. The van der Waals surface area contributed by atoms with Crippen molar-refractivity contribution in [3.63, 3.8) is 0 Å². The molecule has 0 saturated carbocycles.